The highest BCUT2D eigenvalue weighted by Crippen LogP contribution is 2.35. The quantitative estimate of drug-likeness (QED) is 0.189. The van der Waals surface area contributed by atoms with Crippen LogP contribution in [0.5, 0.6) is 0 Å². The first-order valence-electron chi connectivity index (χ1n) is 17.9. The predicted octanol–water partition coefficient (Wildman–Crippen LogP) is 5.47. The van der Waals surface area contributed by atoms with Crippen LogP contribution in [0.2, 0.25) is 0 Å². The second-order valence-electron chi connectivity index (χ2n) is 14.8. The van der Waals surface area contributed by atoms with E-state index in [1.165, 1.54) is 65.8 Å². The van der Waals surface area contributed by atoms with Crippen LogP contribution >= 0.6 is 0 Å². The lowest BCUT2D eigenvalue weighted by Gasteiger charge is -2.33. The number of ether oxygens (including phenoxy) is 1. The molecule has 1 amide bonds. The molecule has 0 unspecified atom stereocenters. The van der Waals surface area contributed by atoms with Crippen molar-refractivity contribution in [3.63, 3.8) is 0 Å². The molecule has 1 fully saturated rings. The molecule has 0 bridgehead atoms. The van der Waals surface area contributed by atoms with Gasteiger partial charge in [0.15, 0.2) is 9.84 Å². The van der Waals surface area contributed by atoms with E-state index in [9.17, 15) is 31.2 Å². The van der Waals surface area contributed by atoms with E-state index in [1.54, 1.807) is 35.5 Å². The molecule has 1 aliphatic rings. The van der Waals surface area contributed by atoms with Gasteiger partial charge in [0.2, 0.25) is 0 Å². The molecule has 0 spiro atoms. The molecule has 2 aromatic carbocycles. The van der Waals surface area contributed by atoms with Gasteiger partial charge in [0.1, 0.15) is 11.1 Å². The van der Waals surface area contributed by atoms with Crippen LogP contribution in [0.25, 0.3) is 27.7 Å². The minimum Gasteiger partial charge on any atom is -0.444 e. The van der Waals surface area contributed by atoms with Gasteiger partial charge in [0, 0.05) is 55.2 Å². The summed E-state index contributed by atoms with van der Waals surface area (Å²) in [5.41, 5.74) is 0.830. The zero-order valence-corrected chi connectivity index (χ0v) is 32.9. The summed E-state index contributed by atoms with van der Waals surface area (Å²) < 4.78 is 63.0. The molecule has 3 aromatic heterocycles. The fourth-order valence-corrected chi connectivity index (χ4v) is 8.96. The second-order valence-corrected chi connectivity index (χ2v) is 18.9. The van der Waals surface area contributed by atoms with E-state index in [2.05, 4.69) is 4.98 Å². The first-order chi connectivity index (χ1) is 25.4. The number of fused-ring (bicyclic) bond motifs is 1. The van der Waals surface area contributed by atoms with Crippen molar-refractivity contribution in [2.24, 2.45) is 13.0 Å². The zero-order chi connectivity index (χ0) is 39.2. The Morgan fingerprint density at radius 3 is 2.24 bits per heavy atom. The van der Waals surface area contributed by atoms with Crippen molar-refractivity contribution >= 4 is 36.9 Å². The number of hydrogen-bond acceptors (Lipinski definition) is 9. The third kappa shape index (κ3) is 7.78. The number of rotatable bonds is 9. The van der Waals surface area contributed by atoms with E-state index in [1.807, 2.05) is 27.7 Å². The SMILES string of the molecule is CCS(=O)(=O)c1ccc(-c2cn(C)c(=O)c3c2ccn3S(=O)(=O)c2ccc(C)cc2)c(-n2cc(CCC3CCN(C(=O)OC(C)(C)C)CC3)ncc2=O)c1. The van der Waals surface area contributed by atoms with Crippen LogP contribution in [-0.2, 0) is 38.1 Å². The lowest BCUT2D eigenvalue weighted by Crippen LogP contribution is -2.41. The molecule has 286 valence electrons. The van der Waals surface area contributed by atoms with Gasteiger partial charge in [0.05, 0.1) is 33.1 Å². The molecule has 13 nitrogen and oxygen atoms in total. The summed E-state index contributed by atoms with van der Waals surface area (Å²) in [7, 11) is -6.38. The Morgan fingerprint density at radius 1 is 0.926 bits per heavy atom. The molecule has 0 N–H and O–H groups in total. The highest BCUT2D eigenvalue weighted by Gasteiger charge is 2.28. The van der Waals surface area contributed by atoms with Gasteiger partial charge >= 0.3 is 6.09 Å². The number of aromatic nitrogens is 4. The molecular formula is C39H45N5O8S2. The van der Waals surface area contributed by atoms with Gasteiger partial charge in [-0.05, 0) is 89.6 Å². The predicted molar refractivity (Wildman–Crippen MR) is 206 cm³/mol. The summed E-state index contributed by atoms with van der Waals surface area (Å²) in [6.07, 6.45) is 8.24. The van der Waals surface area contributed by atoms with Gasteiger partial charge in [0.25, 0.3) is 21.1 Å². The standard InChI is InChI=1S/C39H45N5O8S2/c1-7-53(48,49)30-14-15-31(33-25-41(6)37(46)36-32(33)18-21-44(36)54(50,51)29-12-8-26(2)9-13-29)34(22-30)43-24-28(40-23-35(43)45)11-10-27-16-19-42(20-17-27)38(47)52-39(3,4)5/h8-9,12-15,18,21-25,27H,7,10-11,16-17,19-20H2,1-6H3. The molecule has 0 atom stereocenters. The summed E-state index contributed by atoms with van der Waals surface area (Å²) in [6, 6.07) is 12.3. The fraction of sp³-hybridized carbons (Fsp3) is 0.385. The molecule has 6 rings (SSSR count). The number of aryl methyl sites for hydroxylation is 3. The van der Waals surface area contributed by atoms with E-state index in [4.69, 9.17) is 4.74 Å². The molecule has 15 heteroatoms. The Labute approximate surface area is 314 Å². The number of carbonyl (C=O) groups excluding carboxylic acids is 1. The third-order valence-corrected chi connectivity index (χ3v) is 13.2. The van der Waals surface area contributed by atoms with Crippen LogP contribution in [0.4, 0.5) is 4.79 Å². The molecule has 4 heterocycles. The van der Waals surface area contributed by atoms with Crippen molar-refractivity contribution < 1.29 is 26.4 Å². The number of sulfone groups is 1. The minimum absolute atomic E-state index is 0.00587. The van der Waals surface area contributed by atoms with Gasteiger partial charge in [-0.15, -0.1) is 0 Å². The number of benzene rings is 2. The van der Waals surface area contributed by atoms with Gasteiger partial charge in [-0.25, -0.2) is 25.6 Å². The maximum Gasteiger partial charge on any atom is 0.410 e. The third-order valence-electron chi connectivity index (χ3n) is 9.76. The largest absolute Gasteiger partial charge is 0.444 e. The van der Waals surface area contributed by atoms with Crippen molar-refractivity contribution in [2.75, 3.05) is 18.8 Å². The highest BCUT2D eigenvalue weighted by molar-refractivity contribution is 7.91. The molecule has 0 radical (unpaired) electrons. The van der Waals surface area contributed by atoms with E-state index >= 15 is 0 Å². The summed E-state index contributed by atoms with van der Waals surface area (Å²) in [4.78, 5) is 45.9. The lowest BCUT2D eigenvalue weighted by molar-refractivity contribution is 0.0181. The Balaban J connectivity index is 1.39. The van der Waals surface area contributed by atoms with Crippen molar-refractivity contribution in [1.29, 1.82) is 0 Å². The van der Waals surface area contributed by atoms with E-state index in [-0.39, 0.29) is 32.8 Å². The smallest absolute Gasteiger partial charge is 0.410 e. The minimum atomic E-state index is -4.18. The number of piperidine rings is 1. The zero-order valence-electron chi connectivity index (χ0n) is 31.3. The molecule has 0 aliphatic carbocycles. The molecule has 5 aromatic rings. The topological polar surface area (TPSA) is 160 Å². The molecular weight excluding hydrogens is 731 g/mol. The van der Waals surface area contributed by atoms with Crippen molar-refractivity contribution in [1.82, 2.24) is 23.0 Å². The summed E-state index contributed by atoms with van der Waals surface area (Å²) >= 11 is 0. The Bertz CT molecular complexity index is 2570. The van der Waals surface area contributed by atoms with Crippen LogP contribution in [0, 0.1) is 12.8 Å². The highest BCUT2D eigenvalue weighted by atomic mass is 32.2. The van der Waals surface area contributed by atoms with Crippen LogP contribution in [0.15, 0.2) is 92.7 Å². The number of pyridine rings is 1. The molecule has 0 saturated carbocycles. The van der Waals surface area contributed by atoms with Gasteiger partial charge < -0.3 is 14.2 Å². The van der Waals surface area contributed by atoms with Crippen molar-refractivity contribution in [3.05, 3.63) is 105 Å². The van der Waals surface area contributed by atoms with Gasteiger partial charge in [-0.3, -0.25) is 19.1 Å². The number of nitrogens with zero attached hydrogens (tertiary/aromatic N) is 5. The first-order valence-corrected chi connectivity index (χ1v) is 20.9. The monoisotopic (exact) mass is 775 g/mol. The number of hydrogen-bond donors (Lipinski definition) is 0. The maximum absolute atomic E-state index is 13.8. The van der Waals surface area contributed by atoms with Gasteiger partial charge in [-0.2, -0.15) is 0 Å². The molecule has 1 saturated heterocycles. The molecule has 54 heavy (non-hydrogen) atoms. The van der Waals surface area contributed by atoms with Crippen molar-refractivity contribution in [2.45, 2.75) is 75.7 Å². The second kappa shape index (κ2) is 14.7. The van der Waals surface area contributed by atoms with Crippen LogP contribution in [-0.4, -0.2) is 70.4 Å². The summed E-state index contributed by atoms with van der Waals surface area (Å²) in [5.74, 6) is 0.150. The first kappa shape index (κ1) is 38.7. The van der Waals surface area contributed by atoms with Crippen LogP contribution < -0.4 is 11.1 Å². The average molecular weight is 776 g/mol. The Kier molecular flexibility index (Phi) is 10.5. The lowest BCUT2D eigenvalue weighted by atomic mass is 9.92. The average Bonchev–Trinajstić information content (AvgIpc) is 3.59. The maximum atomic E-state index is 13.8. The van der Waals surface area contributed by atoms with E-state index in [0.29, 0.717) is 47.6 Å². The summed E-state index contributed by atoms with van der Waals surface area (Å²) in [6.45, 7) is 10.1. The van der Waals surface area contributed by atoms with Crippen molar-refractivity contribution in [3.8, 4) is 16.8 Å². The van der Waals surface area contributed by atoms with Crippen LogP contribution in [0.3, 0.4) is 0 Å². The number of carbonyl (C=O) groups is 1. The normalized spacial score (nSPS) is 14.4. The van der Waals surface area contributed by atoms with Gasteiger partial charge in [-0.1, -0.05) is 30.7 Å². The van der Waals surface area contributed by atoms with Crippen LogP contribution in [0.1, 0.15) is 58.2 Å². The molecule has 1 aliphatic heterocycles. The Hall–Kier alpha value is -5.02. The van der Waals surface area contributed by atoms with E-state index in [0.717, 1.165) is 28.8 Å². The number of likely N-dealkylation sites (tertiary alicyclic amines) is 1. The Morgan fingerprint density at radius 2 is 1.59 bits per heavy atom. The fourth-order valence-electron chi connectivity index (χ4n) is 6.71. The number of amides is 1. The summed E-state index contributed by atoms with van der Waals surface area (Å²) in [5, 5.41) is 0.307. The van der Waals surface area contributed by atoms with E-state index < -0.39 is 36.6 Å².